The molecule has 1 heterocycles. The summed E-state index contributed by atoms with van der Waals surface area (Å²) in [6, 6.07) is -2.24. The molecule has 2 rings (SSSR count). The topological polar surface area (TPSA) is 378 Å². The third kappa shape index (κ3) is 18.5. The van der Waals surface area contributed by atoms with E-state index in [0.717, 1.165) is 0 Å². The van der Waals surface area contributed by atoms with Crippen LogP contribution >= 0.6 is 12.6 Å². The van der Waals surface area contributed by atoms with Crippen LogP contribution in [0.4, 0.5) is 0 Å². The predicted octanol–water partition coefficient (Wildman–Crippen LogP) is -2.11. The molecular formula is C41H69N13O9S. The van der Waals surface area contributed by atoms with Gasteiger partial charge in [0, 0.05) is 31.8 Å². The van der Waals surface area contributed by atoms with E-state index in [1.807, 2.05) is 20.8 Å². The Kier molecular flexibility index (Phi) is 23.2. The van der Waals surface area contributed by atoms with Crippen LogP contribution in [0.15, 0.2) is 34.3 Å². The second kappa shape index (κ2) is 27.4. The van der Waals surface area contributed by atoms with Crippen LogP contribution in [0.2, 0.25) is 0 Å². The second-order valence-electron chi connectivity index (χ2n) is 16.3. The van der Waals surface area contributed by atoms with Crippen molar-refractivity contribution in [3.63, 3.8) is 0 Å². The number of benzene rings is 1. The molecule has 1 aromatic rings. The largest absolute Gasteiger partial charge is 0.508 e. The predicted molar refractivity (Wildman–Crippen MR) is 244 cm³/mol. The number of hydrogen-bond donors (Lipinski definition) is 13. The molecule has 6 amide bonds. The summed E-state index contributed by atoms with van der Waals surface area (Å²) in [5.74, 6) is -6.21. The molecule has 17 N–H and O–H groups in total. The lowest BCUT2D eigenvalue weighted by Crippen LogP contribution is -2.60. The van der Waals surface area contributed by atoms with E-state index < -0.39 is 89.6 Å². The second-order valence-corrected chi connectivity index (χ2v) is 16.7. The highest BCUT2D eigenvalue weighted by molar-refractivity contribution is 7.80. The van der Waals surface area contributed by atoms with Crippen LogP contribution < -0.4 is 55.3 Å². The molecule has 22 nitrogen and oxygen atoms in total. The number of nitrogens with one attached hydrogen (secondary N) is 5. The average Bonchev–Trinajstić information content (AvgIpc) is 3.74. The summed E-state index contributed by atoms with van der Waals surface area (Å²) < 4.78 is 0. The molecule has 23 heteroatoms. The molecule has 0 bridgehead atoms. The first-order valence-corrected chi connectivity index (χ1v) is 22.1. The molecule has 8 atom stereocenters. The number of carboxylic acid groups (broad SMARTS) is 1. The third-order valence-electron chi connectivity index (χ3n) is 10.6. The Hall–Kier alpha value is -5.84. The number of amides is 6. The van der Waals surface area contributed by atoms with Gasteiger partial charge in [-0.3, -0.25) is 38.8 Å². The molecule has 1 aliphatic heterocycles. The Labute approximate surface area is 379 Å². The number of likely N-dealkylation sites (tertiary alicyclic amines) is 1. The first kappa shape index (κ1) is 54.3. The summed E-state index contributed by atoms with van der Waals surface area (Å²) in [5, 5.41) is 33.1. The fraction of sp³-hybridized carbons (Fsp3) is 0.634. The molecule has 358 valence electrons. The van der Waals surface area contributed by atoms with Gasteiger partial charge in [0.05, 0.1) is 6.04 Å². The molecule has 1 saturated heterocycles. The number of aliphatic carboxylic acids is 1. The van der Waals surface area contributed by atoms with Gasteiger partial charge in [0.1, 0.15) is 42.0 Å². The standard InChI is InChI=1S/C41H69N13O9S/c1-5-23(4)32(37(60)52-30(39(62)63)19-22(2)3)53-35(58)29(20-24-12-14-25(55)15-13-24)51-36(59)31-11-8-18-54(31)38(61)28(10-7-17-48-41(45)46)50-34(57)27(9-6-16-47-40(43)44)49-33(56)26(42)21-64/h12-15,22-23,26-32,55,64H,5-11,16-21,42H2,1-4H3,(H,49,56)(H,50,57)(H,51,59)(H,52,60)(H,53,58)(H,62,63)(H4,43,44,47)(H4,45,46,48)/t23-,26-,27-,28-,29-,30-,31-,32-/m0/s1. The van der Waals surface area contributed by atoms with Crippen LogP contribution in [0, 0.1) is 11.8 Å². The maximum Gasteiger partial charge on any atom is 0.326 e. The number of hydrogen-bond acceptors (Lipinski definition) is 12. The smallest absolute Gasteiger partial charge is 0.326 e. The van der Waals surface area contributed by atoms with E-state index >= 15 is 0 Å². The fourth-order valence-electron chi connectivity index (χ4n) is 6.93. The number of phenolic OH excluding ortho intramolecular Hbond substituents is 1. The van der Waals surface area contributed by atoms with Gasteiger partial charge in [-0.05, 0) is 74.5 Å². The number of carbonyl (C=O) groups is 7. The average molecular weight is 920 g/mol. The van der Waals surface area contributed by atoms with Gasteiger partial charge >= 0.3 is 5.97 Å². The number of aliphatic imine (C=N–C) groups is 2. The maximum atomic E-state index is 14.4. The monoisotopic (exact) mass is 920 g/mol. The van der Waals surface area contributed by atoms with Gasteiger partial charge < -0.3 is 70.4 Å². The number of guanidine groups is 2. The highest BCUT2D eigenvalue weighted by Gasteiger charge is 2.40. The molecule has 1 aliphatic rings. The summed E-state index contributed by atoms with van der Waals surface area (Å²) >= 11 is 4.07. The number of nitrogens with zero attached hydrogens (tertiary/aromatic N) is 3. The van der Waals surface area contributed by atoms with E-state index in [9.17, 15) is 43.8 Å². The zero-order valence-electron chi connectivity index (χ0n) is 37.1. The number of thiol groups is 1. The molecule has 0 aliphatic carbocycles. The van der Waals surface area contributed by atoms with Crippen LogP contribution in [0.5, 0.6) is 5.75 Å². The van der Waals surface area contributed by atoms with Crippen LogP contribution in [0.1, 0.15) is 84.6 Å². The Balaban J connectivity index is 2.45. The molecule has 0 unspecified atom stereocenters. The molecule has 1 aromatic carbocycles. The van der Waals surface area contributed by atoms with Crippen molar-refractivity contribution in [3.05, 3.63) is 29.8 Å². The highest BCUT2D eigenvalue weighted by atomic mass is 32.1. The molecule has 0 aromatic heterocycles. The van der Waals surface area contributed by atoms with Gasteiger partial charge in [0.2, 0.25) is 35.4 Å². The van der Waals surface area contributed by atoms with Crippen LogP contribution in [0.3, 0.4) is 0 Å². The summed E-state index contributed by atoms with van der Waals surface area (Å²) in [4.78, 5) is 104. The summed E-state index contributed by atoms with van der Waals surface area (Å²) in [6.45, 7) is 7.55. The zero-order valence-corrected chi connectivity index (χ0v) is 38.0. The van der Waals surface area contributed by atoms with Crippen molar-refractivity contribution in [2.75, 3.05) is 25.4 Å². The Bertz CT molecular complexity index is 1790. The SMILES string of the molecule is CC[C@H](C)[C@H](NC(=O)[C@H](Cc1ccc(O)cc1)NC(=O)[C@@H]1CCCN1C(=O)[C@H](CCCN=C(N)N)NC(=O)[C@H](CCCN=C(N)N)NC(=O)[C@@H](N)CS)C(=O)N[C@@H](CC(C)C)C(=O)O. The lowest BCUT2D eigenvalue weighted by molar-refractivity contribution is -0.143. The Morgan fingerprint density at radius 1 is 0.781 bits per heavy atom. The van der Waals surface area contributed by atoms with Crippen molar-refractivity contribution >= 4 is 66.0 Å². The van der Waals surface area contributed by atoms with E-state index in [1.165, 1.54) is 17.0 Å². The quantitative estimate of drug-likeness (QED) is 0.0195. The van der Waals surface area contributed by atoms with Crippen molar-refractivity contribution < 1.29 is 43.8 Å². The summed E-state index contributed by atoms with van der Waals surface area (Å²) in [5.41, 5.74) is 28.3. The Morgan fingerprint density at radius 3 is 1.86 bits per heavy atom. The summed E-state index contributed by atoms with van der Waals surface area (Å²) in [7, 11) is 0. The molecular weight excluding hydrogens is 851 g/mol. The lowest BCUT2D eigenvalue weighted by Gasteiger charge is -2.31. The van der Waals surface area contributed by atoms with E-state index in [-0.39, 0.29) is 93.9 Å². The lowest BCUT2D eigenvalue weighted by atomic mass is 9.96. The van der Waals surface area contributed by atoms with Gasteiger partial charge in [-0.25, -0.2) is 4.79 Å². The summed E-state index contributed by atoms with van der Waals surface area (Å²) in [6.07, 6.45) is 1.71. The number of nitrogens with two attached hydrogens (primary N) is 5. The maximum absolute atomic E-state index is 14.4. The van der Waals surface area contributed by atoms with E-state index in [2.05, 4.69) is 49.2 Å². The van der Waals surface area contributed by atoms with Crippen LogP contribution in [-0.4, -0.2) is 136 Å². The fourth-order valence-corrected chi connectivity index (χ4v) is 7.09. The van der Waals surface area contributed by atoms with Gasteiger partial charge in [-0.15, -0.1) is 0 Å². The van der Waals surface area contributed by atoms with Crippen molar-refractivity contribution in [1.82, 2.24) is 31.5 Å². The van der Waals surface area contributed by atoms with Crippen molar-refractivity contribution in [2.45, 2.75) is 128 Å². The van der Waals surface area contributed by atoms with Crippen molar-refractivity contribution in [3.8, 4) is 5.75 Å². The zero-order chi connectivity index (χ0) is 48.1. The first-order valence-electron chi connectivity index (χ1n) is 21.5. The van der Waals surface area contributed by atoms with Gasteiger partial charge in [-0.2, -0.15) is 12.6 Å². The van der Waals surface area contributed by atoms with Gasteiger partial charge in [0.15, 0.2) is 11.9 Å². The normalized spacial score (nSPS) is 16.7. The molecule has 64 heavy (non-hydrogen) atoms. The van der Waals surface area contributed by atoms with Crippen LogP contribution in [-0.2, 0) is 40.0 Å². The number of carboxylic acids is 1. The van der Waals surface area contributed by atoms with Crippen molar-refractivity contribution in [2.24, 2.45) is 50.5 Å². The minimum atomic E-state index is -1.30. The van der Waals surface area contributed by atoms with Crippen LogP contribution in [0.25, 0.3) is 0 Å². The van der Waals surface area contributed by atoms with Crippen molar-refractivity contribution in [1.29, 1.82) is 0 Å². The van der Waals surface area contributed by atoms with Gasteiger partial charge in [-0.1, -0.05) is 46.2 Å². The molecule has 0 spiro atoms. The van der Waals surface area contributed by atoms with Gasteiger partial charge in [0.25, 0.3) is 0 Å². The number of rotatable bonds is 27. The molecule has 1 fully saturated rings. The van der Waals surface area contributed by atoms with E-state index in [1.54, 1.807) is 19.1 Å². The van der Waals surface area contributed by atoms with E-state index in [0.29, 0.717) is 18.4 Å². The minimum Gasteiger partial charge on any atom is -0.508 e. The third-order valence-corrected chi connectivity index (χ3v) is 11.0. The Morgan fingerprint density at radius 2 is 1.33 bits per heavy atom. The number of aromatic hydroxyl groups is 1. The first-order chi connectivity index (χ1) is 30.2. The molecule has 0 radical (unpaired) electrons. The van der Waals surface area contributed by atoms with E-state index in [4.69, 9.17) is 28.7 Å². The highest BCUT2D eigenvalue weighted by Crippen LogP contribution is 2.21. The number of phenols is 1. The number of carbonyl (C=O) groups excluding carboxylic acids is 6. The minimum absolute atomic E-state index is 0.00459. The molecule has 0 saturated carbocycles.